The van der Waals surface area contributed by atoms with E-state index in [1.54, 1.807) is 0 Å². The smallest absolute Gasteiger partial charge is 0.226 e. The average molecular weight is 419 g/mol. The highest BCUT2D eigenvalue weighted by molar-refractivity contribution is 6.40. The Hall–Kier alpha value is -2.95. The van der Waals surface area contributed by atoms with Crippen molar-refractivity contribution in [1.29, 1.82) is 0 Å². The molecule has 1 saturated heterocycles. The number of hydrogen-bond donors (Lipinski definition) is 0. The summed E-state index contributed by atoms with van der Waals surface area (Å²) in [6.45, 7) is 4.03. The van der Waals surface area contributed by atoms with Gasteiger partial charge in [0.05, 0.1) is 0 Å². The van der Waals surface area contributed by atoms with Gasteiger partial charge in [0.1, 0.15) is 12.3 Å². The van der Waals surface area contributed by atoms with Gasteiger partial charge in [0.2, 0.25) is 5.91 Å². The summed E-state index contributed by atoms with van der Waals surface area (Å²) in [7, 11) is 0. The maximum Gasteiger partial charge on any atom is 0.226 e. The maximum atomic E-state index is 13.3. The summed E-state index contributed by atoms with van der Waals surface area (Å²) >= 11 is 0. The quantitative estimate of drug-likeness (QED) is 0.527. The van der Waals surface area contributed by atoms with Gasteiger partial charge >= 0.3 is 0 Å². The Morgan fingerprint density at radius 3 is 2.32 bits per heavy atom. The minimum Gasteiger partial charge on any atom is -0.391 e. The molecule has 1 aliphatic carbocycles. The van der Waals surface area contributed by atoms with Crippen molar-refractivity contribution in [2.45, 2.75) is 45.1 Å². The molecule has 0 bridgehead atoms. The van der Waals surface area contributed by atoms with Crippen LogP contribution < -0.4 is 0 Å². The summed E-state index contributed by atoms with van der Waals surface area (Å²) in [5, 5.41) is 4.26. The van der Waals surface area contributed by atoms with E-state index in [2.05, 4.69) is 24.2 Å². The fourth-order valence-corrected chi connectivity index (χ4v) is 4.74. The largest absolute Gasteiger partial charge is 0.391 e. The van der Waals surface area contributed by atoms with Crippen LogP contribution in [0.5, 0.6) is 0 Å². The average Bonchev–Trinajstić information content (AvgIpc) is 3.31. The first-order chi connectivity index (χ1) is 15.1. The van der Waals surface area contributed by atoms with E-state index in [-0.39, 0.29) is 35.9 Å². The molecule has 2 aromatic rings. The number of carbonyl (C=O) groups excluding carboxylic acids is 2. The van der Waals surface area contributed by atoms with Crippen LogP contribution in [0, 0.1) is 11.8 Å². The van der Waals surface area contributed by atoms with E-state index in [9.17, 15) is 9.59 Å². The first-order valence-corrected chi connectivity index (χ1v) is 11.2. The van der Waals surface area contributed by atoms with E-state index in [4.69, 9.17) is 4.84 Å². The second-order valence-corrected chi connectivity index (χ2v) is 8.64. The highest BCUT2D eigenvalue weighted by Crippen LogP contribution is 2.39. The van der Waals surface area contributed by atoms with Crippen LogP contribution >= 0.6 is 0 Å². The van der Waals surface area contributed by atoms with Crippen LogP contribution in [0.15, 0.2) is 65.8 Å². The predicted octanol–water partition coefficient (Wildman–Crippen LogP) is 4.58. The minimum atomic E-state index is -0.322. The number of ketones is 1. The van der Waals surface area contributed by atoms with E-state index < -0.39 is 0 Å². The zero-order valence-corrected chi connectivity index (χ0v) is 18.1. The van der Waals surface area contributed by atoms with Gasteiger partial charge in [0.15, 0.2) is 5.78 Å². The lowest BCUT2D eigenvalue weighted by Gasteiger charge is -2.30. The number of carbonyl (C=O) groups is 2. The maximum absolute atomic E-state index is 13.3. The van der Waals surface area contributed by atoms with Gasteiger partial charge in [-0.2, -0.15) is 0 Å². The number of Topliss-reactive ketones (excluding diaryl/α,β-unsaturated/α-hetero) is 1. The van der Waals surface area contributed by atoms with Crippen molar-refractivity contribution in [3.63, 3.8) is 0 Å². The lowest BCUT2D eigenvalue weighted by Crippen LogP contribution is -2.38. The summed E-state index contributed by atoms with van der Waals surface area (Å²) in [6.07, 6.45) is 2.78. The third-order valence-electron chi connectivity index (χ3n) is 6.62. The second kappa shape index (κ2) is 9.90. The van der Waals surface area contributed by atoms with Crippen LogP contribution in [0.2, 0.25) is 0 Å². The molecule has 0 unspecified atom stereocenters. The Labute approximate surface area is 184 Å². The van der Waals surface area contributed by atoms with Crippen LogP contribution in [0.3, 0.4) is 0 Å². The molecule has 0 aromatic heterocycles. The van der Waals surface area contributed by atoms with Crippen LogP contribution in [0.25, 0.3) is 0 Å². The molecule has 4 rings (SSSR count). The van der Waals surface area contributed by atoms with Crippen molar-refractivity contribution in [3.8, 4) is 0 Å². The van der Waals surface area contributed by atoms with Gasteiger partial charge in [-0.05, 0) is 35.8 Å². The highest BCUT2D eigenvalue weighted by atomic mass is 16.6. The summed E-state index contributed by atoms with van der Waals surface area (Å²) in [5.41, 5.74) is 2.58. The minimum absolute atomic E-state index is 0.0428. The first-order valence-electron chi connectivity index (χ1n) is 11.2. The number of rotatable bonds is 5. The Balaban J connectivity index is 1.58. The normalized spacial score (nSPS) is 25.5. The van der Waals surface area contributed by atoms with Gasteiger partial charge in [-0.15, -0.1) is 0 Å². The first kappa shape index (κ1) is 21.3. The topological polar surface area (TPSA) is 59.0 Å². The number of hydrogen-bond acceptors (Lipinski definition) is 4. The Morgan fingerprint density at radius 1 is 1.00 bits per heavy atom. The van der Waals surface area contributed by atoms with Gasteiger partial charge in [0.25, 0.3) is 0 Å². The molecule has 2 aromatic carbocycles. The molecule has 1 aliphatic heterocycles. The van der Waals surface area contributed by atoms with Gasteiger partial charge in [-0.25, -0.2) is 0 Å². The van der Waals surface area contributed by atoms with E-state index in [1.807, 2.05) is 53.4 Å². The molecule has 5 nitrogen and oxygen atoms in total. The number of amides is 1. The number of oxime groups is 1. The molecule has 162 valence electrons. The molecule has 2 aliphatic rings. The molecule has 2 fully saturated rings. The van der Waals surface area contributed by atoms with Crippen LogP contribution in [-0.4, -0.2) is 35.4 Å². The third kappa shape index (κ3) is 5.04. The Morgan fingerprint density at radius 2 is 1.65 bits per heavy atom. The zero-order valence-electron chi connectivity index (χ0n) is 18.1. The SMILES string of the molecule is C[C@H]1[C@@H](C(=O)N2CCCC2)CC(=O)C(=NOCc2ccccc2)C[C@H]1c1ccccc1. The summed E-state index contributed by atoms with van der Waals surface area (Å²) in [5.74, 6) is -0.191. The summed E-state index contributed by atoms with van der Waals surface area (Å²) in [4.78, 5) is 33.9. The Bertz CT molecular complexity index is 920. The monoisotopic (exact) mass is 418 g/mol. The molecule has 3 atom stereocenters. The van der Waals surface area contributed by atoms with Crippen molar-refractivity contribution < 1.29 is 14.4 Å². The molecule has 0 radical (unpaired) electrons. The Kier molecular flexibility index (Phi) is 6.80. The van der Waals surface area contributed by atoms with Gasteiger partial charge < -0.3 is 9.74 Å². The number of benzene rings is 2. The van der Waals surface area contributed by atoms with Gasteiger partial charge in [-0.3, -0.25) is 9.59 Å². The van der Waals surface area contributed by atoms with E-state index >= 15 is 0 Å². The van der Waals surface area contributed by atoms with E-state index in [1.165, 1.54) is 0 Å². The van der Waals surface area contributed by atoms with Gasteiger partial charge in [-0.1, -0.05) is 72.7 Å². The predicted molar refractivity (Wildman–Crippen MR) is 121 cm³/mol. The number of nitrogens with zero attached hydrogens (tertiary/aromatic N) is 2. The van der Waals surface area contributed by atoms with Crippen LogP contribution in [0.1, 0.15) is 49.7 Å². The molecular weight excluding hydrogens is 388 g/mol. The standard InChI is InChI=1S/C26H30N2O3/c1-19-22(21-12-6-3-7-13-21)16-24(27-31-18-20-10-4-2-5-11-20)25(29)17-23(19)26(30)28-14-8-9-15-28/h2-7,10-13,19,22-23H,8-9,14-18H2,1H3/t19-,22-,23+/m1/s1. The van der Waals surface area contributed by atoms with E-state index in [0.29, 0.717) is 18.7 Å². The van der Waals surface area contributed by atoms with E-state index in [0.717, 1.165) is 37.1 Å². The zero-order chi connectivity index (χ0) is 21.6. The molecule has 0 N–H and O–H groups in total. The fraction of sp³-hybridized carbons (Fsp3) is 0.423. The molecule has 1 amide bonds. The molecule has 0 spiro atoms. The lowest BCUT2D eigenvalue weighted by molar-refractivity contribution is -0.138. The molecule has 1 saturated carbocycles. The molecule has 31 heavy (non-hydrogen) atoms. The third-order valence-corrected chi connectivity index (χ3v) is 6.62. The summed E-state index contributed by atoms with van der Waals surface area (Å²) < 4.78 is 0. The van der Waals surface area contributed by atoms with Gasteiger partial charge in [0, 0.05) is 31.8 Å². The summed E-state index contributed by atoms with van der Waals surface area (Å²) in [6, 6.07) is 19.9. The highest BCUT2D eigenvalue weighted by Gasteiger charge is 2.41. The van der Waals surface area contributed by atoms with Crippen LogP contribution in [0.4, 0.5) is 0 Å². The lowest BCUT2D eigenvalue weighted by atomic mass is 9.77. The van der Waals surface area contributed by atoms with Crippen molar-refractivity contribution in [3.05, 3.63) is 71.8 Å². The molecular formula is C26H30N2O3. The van der Waals surface area contributed by atoms with Crippen molar-refractivity contribution in [2.75, 3.05) is 13.1 Å². The second-order valence-electron chi connectivity index (χ2n) is 8.64. The van der Waals surface area contributed by atoms with Crippen molar-refractivity contribution in [1.82, 2.24) is 4.90 Å². The molecule has 1 heterocycles. The molecule has 5 heteroatoms. The van der Waals surface area contributed by atoms with Crippen LogP contribution in [-0.2, 0) is 21.0 Å². The van der Waals surface area contributed by atoms with Crippen molar-refractivity contribution in [2.24, 2.45) is 17.0 Å². The van der Waals surface area contributed by atoms with Crippen molar-refractivity contribution >= 4 is 17.4 Å². The fourth-order valence-electron chi connectivity index (χ4n) is 4.74. The number of likely N-dealkylation sites (tertiary alicyclic amines) is 1.